The second-order valence-corrected chi connectivity index (χ2v) is 8.66. The van der Waals surface area contributed by atoms with Crippen LogP contribution < -0.4 is 14.2 Å². The number of likely N-dealkylation sites (N-methyl/N-ethyl adjacent to an activating group) is 1. The summed E-state index contributed by atoms with van der Waals surface area (Å²) in [4.78, 5) is 2.12. The van der Waals surface area contributed by atoms with Crippen LogP contribution in [0.3, 0.4) is 0 Å². The normalized spacial score (nSPS) is 11.8. The van der Waals surface area contributed by atoms with Gasteiger partial charge in [-0.05, 0) is 45.3 Å². The first-order valence-corrected chi connectivity index (χ1v) is 10.6. The summed E-state index contributed by atoms with van der Waals surface area (Å²) < 4.78 is 44.9. The fourth-order valence-corrected chi connectivity index (χ4v) is 4.78. The molecule has 0 fully saturated rings. The predicted molar refractivity (Wildman–Crippen MR) is 113 cm³/mol. The highest BCUT2D eigenvalue weighted by Crippen LogP contribution is 2.37. The molecule has 0 bridgehead atoms. The summed E-state index contributed by atoms with van der Waals surface area (Å²) in [6.07, 6.45) is 0. The van der Waals surface area contributed by atoms with Gasteiger partial charge in [-0.2, -0.15) is 0 Å². The van der Waals surface area contributed by atoms with E-state index in [-0.39, 0.29) is 4.90 Å². The zero-order valence-electron chi connectivity index (χ0n) is 17.3. The number of methoxy groups -OCH3 is 2. The average Bonchev–Trinajstić information content (AvgIpc) is 2.99. The van der Waals surface area contributed by atoms with Crippen molar-refractivity contribution < 1.29 is 22.6 Å². The molecule has 7 nitrogen and oxygen atoms in total. The minimum absolute atomic E-state index is 0.110. The molecular formula is C21H26N2O5S. The third-order valence-corrected chi connectivity index (χ3v) is 6.48. The third kappa shape index (κ3) is 3.90. The summed E-state index contributed by atoms with van der Waals surface area (Å²) in [5.41, 5.74) is 1.10. The fraction of sp³-hybridized carbons (Fsp3) is 0.333. The van der Waals surface area contributed by atoms with Crippen LogP contribution in [0.2, 0.25) is 0 Å². The monoisotopic (exact) mass is 418 g/mol. The Hall–Kier alpha value is -2.71. The summed E-state index contributed by atoms with van der Waals surface area (Å²) in [5.74, 6) is 1.39. The summed E-state index contributed by atoms with van der Waals surface area (Å²) >= 11 is 0. The van der Waals surface area contributed by atoms with Crippen molar-refractivity contribution in [3.63, 3.8) is 0 Å². The van der Waals surface area contributed by atoms with Crippen LogP contribution in [-0.2, 0) is 10.0 Å². The number of ether oxygens (including phenoxy) is 3. The molecule has 1 aromatic heterocycles. The Morgan fingerprint density at radius 2 is 1.69 bits per heavy atom. The van der Waals surface area contributed by atoms with Gasteiger partial charge in [0.25, 0.3) is 10.0 Å². The molecule has 0 unspecified atom stereocenters. The van der Waals surface area contributed by atoms with Crippen molar-refractivity contribution in [1.29, 1.82) is 0 Å². The van der Waals surface area contributed by atoms with Gasteiger partial charge in [-0.15, -0.1) is 0 Å². The highest BCUT2D eigenvalue weighted by Gasteiger charge is 2.26. The molecule has 0 atom stereocenters. The van der Waals surface area contributed by atoms with Crippen molar-refractivity contribution >= 4 is 20.9 Å². The Morgan fingerprint density at radius 1 is 1.00 bits per heavy atom. The van der Waals surface area contributed by atoms with Crippen LogP contribution in [0.1, 0.15) is 5.69 Å². The number of hydrogen-bond acceptors (Lipinski definition) is 6. The van der Waals surface area contributed by atoms with Gasteiger partial charge < -0.3 is 19.1 Å². The van der Waals surface area contributed by atoms with E-state index in [1.807, 2.05) is 37.2 Å². The van der Waals surface area contributed by atoms with Crippen LogP contribution in [0.5, 0.6) is 17.2 Å². The Labute approximate surface area is 171 Å². The Balaban J connectivity index is 2.15. The number of hydrogen-bond donors (Lipinski definition) is 0. The van der Waals surface area contributed by atoms with Gasteiger partial charge in [0.05, 0.1) is 30.3 Å². The van der Waals surface area contributed by atoms with Crippen LogP contribution in [0, 0.1) is 6.92 Å². The van der Waals surface area contributed by atoms with E-state index >= 15 is 0 Å². The van der Waals surface area contributed by atoms with Crippen molar-refractivity contribution in [2.45, 2.75) is 11.8 Å². The van der Waals surface area contributed by atoms with E-state index in [9.17, 15) is 8.42 Å². The van der Waals surface area contributed by atoms with Gasteiger partial charge >= 0.3 is 0 Å². The number of fused-ring (bicyclic) bond motifs is 1. The van der Waals surface area contributed by atoms with Gasteiger partial charge in [-0.1, -0.05) is 12.1 Å². The van der Waals surface area contributed by atoms with Gasteiger partial charge in [0.15, 0.2) is 11.5 Å². The molecule has 2 aromatic carbocycles. The lowest BCUT2D eigenvalue weighted by Gasteiger charge is -2.14. The van der Waals surface area contributed by atoms with E-state index in [4.69, 9.17) is 14.2 Å². The maximum atomic E-state index is 13.5. The molecule has 0 amide bonds. The van der Waals surface area contributed by atoms with Crippen LogP contribution in [0.15, 0.2) is 47.4 Å². The molecule has 3 rings (SSSR count). The SMILES string of the molecule is COc1ccc(S(=O)(=O)n2c(C)c(OCCN(C)C)c3ccccc32)cc1OC. The lowest BCUT2D eigenvalue weighted by molar-refractivity contribution is 0.262. The molecule has 8 heteroatoms. The van der Waals surface area contributed by atoms with E-state index in [0.29, 0.717) is 35.1 Å². The van der Waals surface area contributed by atoms with E-state index in [1.54, 1.807) is 19.1 Å². The first kappa shape index (κ1) is 21.0. The molecule has 0 N–H and O–H groups in total. The molecule has 0 aliphatic heterocycles. The quantitative estimate of drug-likeness (QED) is 0.560. The predicted octanol–water partition coefficient (Wildman–Crippen LogP) is 3.14. The molecule has 0 radical (unpaired) electrons. The first-order chi connectivity index (χ1) is 13.8. The van der Waals surface area contributed by atoms with Crippen LogP contribution in [-0.4, -0.2) is 58.8 Å². The number of nitrogens with zero attached hydrogens (tertiary/aromatic N) is 2. The minimum Gasteiger partial charge on any atom is -0.493 e. The molecule has 1 heterocycles. The third-order valence-electron chi connectivity index (χ3n) is 4.68. The van der Waals surface area contributed by atoms with Gasteiger partial charge in [-0.25, -0.2) is 12.4 Å². The highest BCUT2D eigenvalue weighted by molar-refractivity contribution is 7.90. The van der Waals surface area contributed by atoms with Crippen LogP contribution in [0.25, 0.3) is 10.9 Å². The van der Waals surface area contributed by atoms with E-state index in [1.165, 1.54) is 30.3 Å². The number of benzene rings is 2. The zero-order valence-corrected chi connectivity index (χ0v) is 18.1. The van der Waals surface area contributed by atoms with Crippen LogP contribution >= 0.6 is 0 Å². The van der Waals surface area contributed by atoms with Crippen molar-refractivity contribution in [3.05, 3.63) is 48.2 Å². The van der Waals surface area contributed by atoms with Crippen molar-refractivity contribution in [3.8, 4) is 17.2 Å². The highest BCUT2D eigenvalue weighted by atomic mass is 32.2. The number of rotatable bonds is 8. The van der Waals surface area contributed by atoms with E-state index in [0.717, 1.165) is 11.9 Å². The zero-order chi connectivity index (χ0) is 21.2. The smallest absolute Gasteiger partial charge is 0.268 e. The largest absolute Gasteiger partial charge is 0.493 e. The number of para-hydroxylation sites is 1. The lowest BCUT2D eigenvalue weighted by Crippen LogP contribution is -2.20. The van der Waals surface area contributed by atoms with Gasteiger partial charge in [0.1, 0.15) is 12.4 Å². The maximum absolute atomic E-state index is 13.5. The lowest BCUT2D eigenvalue weighted by atomic mass is 10.2. The van der Waals surface area contributed by atoms with E-state index in [2.05, 4.69) is 0 Å². The summed E-state index contributed by atoms with van der Waals surface area (Å²) in [6, 6.07) is 11.9. The van der Waals surface area contributed by atoms with Crippen molar-refractivity contribution in [2.24, 2.45) is 0 Å². The molecule has 0 aliphatic rings. The molecule has 156 valence electrons. The number of aromatic nitrogens is 1. The summed E-state index contributed by atoms with van der Waals surface area (Å²) in [5, 5.41) is 0.757. The van der Waals surface area contributed by atoms with Crippen molar-refractivity contribution in [2.75, 3.05) is 41.5 Å². The molecule has 0 aliphatic carbocycles. The molecule has 0 saturated heterocycles. The molecular weight excluding hydrogens is 392 g/mol. The first-order valence-electron chi connectivity index (χ1n) is 9.16. The second-order valence-electron chi connectivity index (χ2n) is 6.87. The second kappa shape index (κ2) is 8.34. The standard InChI is InChI=1S/C21H26N2O5S/c1-15-21(28-13-12-22(2)3)17-8-6-7-9-18(17)23(15)29(24,25)16-10-11-19(26-4)20(14-16)27-5/h6-11,14H,12-13H2,1-5H3. The van der Waals surface area contributed by atoms with Gasteiger partial charge in [0, 0.05) is 18.0 Å². The van der Waals surface area contributed by atoms with Crippen molar-refractivity contribution in [1.82, 2.24) is 8.87 Å². The minimum atomic E-state index is -3.88. The van der Waals surface area contributed by atoms with E-state index < -0.39 is 10.0 Å². The fourth-order valence-electron chi connectivity index (χ4n) is 3.22. The molecule has 29 heavy (non-hydrogen) atoms. The molecule has 0 spiro atoms. The maximum Gasteiger partial charge on any atom is 0.268 e. The topological polar surface area (TPSA) is 70.0 Å². The van der Waals surface area contributed by atoms with Crippen LogP contribution in [0.4, 0.5) is 0 Å². The summed E-state index contributed by atoms with van der Waals surface area (Å²) in [6.45, 7) is 2.93. The summed E-state index contributed by atoms with van der Waals surface area (Å²) in [7, 11) is 3.02. The Bertz CT molecular complexity index is 1120. The Morgan fingerprint density at radius 3 is 2.34 bits per heavy atom. The Kier molecular flexibility index (Phi) is 6.04. The average molecular weight is 419 g/mol. The van der Waals surface area contributed by atoms with Gasteiger partial charge in [0.2, 0.25) is 0 Å². The molecule has 3 aromatic rings. The van der Waals surface area contributed by atoms with Gasteiger partial charge in [-0.3, -0.25) is 0 Å². The molecule has 0 saturated carbocycles.